The Morgan fingerprint density at radius 2 is 1.13 bits per heavy atom. The van der Waals surface area contributed by atoms with Gasteiger partial charge in [-0.05, 0) is 19.3 Å². The van der Waals surface area contributed by atoms with E-state index in [9.17, 15) is 0 Å². The fourth-order valence-corrected chi connectivity index (χ4v) is 1.69. The Labute approximate surface area is 94.0 Å². The number of hydrogen-bond donors (Lipinski definition) is 2. The molecule has 15 heavy (non-hydrogen) atoms. The molecule has 0 bridgehead atoms. The highest BCUT2D eigenvalue weighted by Gasteiger charge is 1.91. The van der Waals surface area contributed by atoms with Gasteiger partial charge in [0.1, 0.15) is 0 Å². The molecule has 0 aliphatic heterocycles. The second kappa shape index (κ2) is 13.5. The average molecular weight is 214 g/mol. The Morgan fingerprint density at radius 1 is 0.667 bits per heavy atom. The van der Waals surface area contributed by atoms with E-state index in [4.69, 9.17) is 10.2 Å². The van der Waals surface area contributed by atoms with Gasteiger partial charge < -0.3 is 10.2 Å². The Balaban J connectivity index is 2.86. The second-order valence-electron chi connectivity index (χ2n) is 4.08. The van der Waals surface area contributed by atoms with Crippen LogP contribution in [0.1, 0.15) is 64.2 Å². The predicted octanol–water partition coefficient (Wildman–Crippen LogP) is 3.95. The van der Waals surface area contributed by atoms with Crippen molar-refractivity contribution in [2.75, 3.05) is 6.61 Å². The van der Waals surface area contributed by atoms with E-state index >= 15 is 0 Å². The van der Waals surface area contributed by atoms with Gasteiger partial charge in [0.2, 0.25) is 0 Å². The van der Waals surface area contributed by atoms with Crippen LogP contribution in [0.2, 0.25) is 0 Å². The van der Waals surface area contributed by atoms with Crippen molar-refractivity contribution in [2.45, 2.75) is 64.2 Å². The normalized spacial score (nSPS) is 11.3. The van der Waals surface area contributed by atoms with Crippen LogP contribution in [0.4, 0.5) is 0 Å². The highest BCUT2D eigenvalue weighted by molar-refractivity contribution is 4.70. The Kier molecular flexibility index (Phi) is 13.1. The van der Waals surface area contributed by atoms with Gasteiger partial charge in [0.05, 0.1) is 6.26 Å². The van der Waals surface area contributed by atoms with Gasteiger partial charge in [0.25, 0.3) is 0 Å². The summed E-state index contributed by atoms with van der Waals surface area (Å²) in [5.41, 5.74) is 0. The lowest BCUT2D eigenvalue weighted by Crippen LogP contribution is -1.84. The maximum absolute atomic E-state index is 8.59. The molecule has 2 heteroatoms. The monoisotopic (exact) mass is 214 g/mol. The van der Waals surface area contributed by atoms with Gasteiger partial charge in [-0.1, -0.05) is 51.0 Å². The van der Waals surface area contributed by atoms with E-state index in [1.807, 2.05) is 6.08 Å². The summed E-state index contributed by atoms with van der Waals surface area (Å²) in [7, 11) is 0. The average Bonchev–Trinajstić information content (AvgIpc) is 2.26. The Hall–Kier alpha value is -0.500. The van der Waals surface area contributed by atoms with Crippen molar-refractivity contribution in [3.8, 4) is 0 Å². The van der Waals surface area contributed by atoms with Crippen molar-refractivity contribution >= 4 is 0 Å². The highest BCUT2D eigenvalue weighted by atomic mass is 16.3. The van der Waals surface area contributed by atoms with E-state index in [-0.39, 0.29) is 0 Å². The first-order valence-corrected chi connectivity index (χ1v) is 6.32. The quantitative estimate of drug-likeness (QED) is 0.404. The first-order valence-electron chi connectivity index (χ1n) is 6.32. The van der Waals surface area contributed by atoms with Crippen LogP contribution in [-0.4, -0.2) is 16.8 Å². The molecule has 0 amide bonds. The predicted molar refractivity (Wildman–Crippen MR) is 65.0 cm³/mol. The minimum Gasteiger partial charge on any atom is -0.516 e. The van der Waals surface area contributed by atoms with Crippen LogP contribution in [-0.2, 0) is 0 Å². The van der Waals surface area contributed by atoms with Crippen molar-refractivity contribution in [2.24, 2.45) is 0 Å². The van der Waals surface area contributed by atoms with E-state index in [1.54, 1.807) is 0 Å². The fraction of sp³-hybridized carbons (Fsp3) is 0.846. The van der Waals surface area contributed by atoms with Crippen LogP contribution in [0.5, 0.6) is 0 Å². The zero-order valence-electron chi connectivity index (χ0n) is 9.83. The van der Waals surface area contributed by atoms with E-state index in [1.165, 1.54) is 51.4 Å². The lowest BCUT2D eigenvalue weighted by molar-refractivity contribution is 0.282. The molecule has 0 aliphatic rings. The van der Waals surface area contributed by atoms with Crippen molar-refractivity contribution < 1.29 is 10.2 Å². The van der Waals surface area contributed by atoms with Crippen LogP contribution in [0.15, 0.2) is 12.3 Å². The summed E-state index contributed by atoms with van der Waals surface area (Å²) < 4.78 is 0. The molecule has 0 aliphatic carbocycles. The molecule has 0 fully saturated rings. The van der Waals surface area contributed by atoms with Gasteiger partial charge in [-0.2, -0.15) is 0 Å². The zero-order valence-corrected chi connectivity index (χ0v) is 9.83. The minimum absolute atomic E-state index is 0.346. The molecule has 0 unspecified atom stereocenters. The summed E-state index contributed by atoms with van der Waals surface area (Å²) in [4.78, 5) is 0. The van der Waals surface area contributed by atoms with E-state index in [2.05, 4.69) is 0 Å². The highest BCUT2D eigenvalue weighted by Crippen LogP contribution is 2.10. The molecule has 0 aromatic heterocycles. The lowest BCUT2D eigenvalue weighted by Gasteiger charge is -2.00. The molecule has 0 spiro atoms. The molecule has 0 saturated carbocycles. The number of aliphatic hydroxyl groups excluding tert-OH is 2. The smallest absolute Gasteiger partial charge is 0.0751 e. The third-order valence-corrected chi connectivity index (χ3v) is 2.63. The number of unbranched alkanes of at least 4 members (excludes halogenated alkanes) is 9. The van der Waals surface area contributed by atoms with Crippen LogP contribution in [0, 0.1) is 0 Å². The standard InChI is InChI=1S/C13H26O2/c14-12-10-8-6-4-2-1-3-5-7-9-11-13-15/h10,12,14-15H,1-9,11,13H2/b12-10+. The van der Waals surface area contributed by atoms with Gasteiger partial charge in [-0.3, -0.25) is 0 Å². The largest absolute Gasteiger partial charge is 0.516 e. The van der Waals surface area contributed by atoms with E-state index in [0.29, 0.717) is 6.61 Å². The fourth-order valence-electron chi connectivity index (χ4n) is 1.69. The van der Waals surface area contributed by atoms with Crippen LogP contribution in [0.25, 0.3) is 0 Å². The lowest BCUT2D eigenvalue weighted by atomic mass is 10.1. The molecule has 0 radical (unpaired) electrons. The number of allylic oxidation sites excluding steroid dienone is 1. The van der Waals surface area contributed by atoms with Gasteiger partial charge in [0.15, 0.2) is 0 Å². The first kappa shape index (κ1) is 14.5. The van der Waals surface area contributed by atoms with Crippen LogP contribution in [0.3, 0.4) is 0 Å². The molecule has 0 atom stereocenters. The minimum atomic E-state index is 0.346. The summed E-state index contributed by atoms with van der Waals surface area (Å²) in [6.07, 6.45) is 15.2. The van der Waals surface area contributed by atoms with E-state index < -0.39 is 0 Å². The molecule has 0 saturated heterocycles. The van der Waals surface area contributed by atoms with Crippen LogP contribution < -0.4 is 0 Å². The molecule has 0 rings (SSSR count). The maximum Gasteiger partial charge on any atom is 0.0751 e. The maximum atomic E-state index is 8.59. The molecule has 2 N–H and O–H groups in total. The molecular formula is C13H26O2. The third-order valence-electron chi connectivity index (χ3n) is 2.63. The molecule has 0 aromatic rings. The summed E-state index contributed by atoms with van der Waals surface area (Å²) in [6.45, 7) is 0.346. The molecule has 0 heterocycles. The Morgan fingerprint density at radius 3 is 1.60 bits per heavy atom. The summed E-state index contributed by atoms with van der Waals surface area (Å²) in [6, 6.07) is 0. The Bertz CT molecular complexity index is 132. The van der Waals surface area contributed by atoms with Crippen molar-refractivity contribution in [1.29, 1.82) is 0 Å². The number of hydrogen-bond acceptors (Lipinski definition) is 2. The SMILES string of the molecule is O/C=C/CCCCCCCCCCCO. The van der Waals surface area contributed by atoms with Crippen molar-refractivity contribution in [3.63, 3.8) is 0 Å². The third kappa shape index (κ3) is 13.5. The van der Waals surface area contributed by atoms with Crippen molar-refractivity contribution in [1.82, 2.24) is 0 Å². The van der Waals surface area contributed by atoms with Gasteiger partial charge in [-0.15, -0.1) is 0 Å². The molecular weight excluding hydrogens is 188 g/mol. The van der Waals surface area contributed by atoms with Crippen LogP contribution >= 0.6 is 0 Å². The van der Waals surface area contributed by atoms with Crippen molar-refractivity contribution in [3.05, 3.63) is 12.3 Å². The van der Waals surface area contributed by atoms with Gasteiger partial charge in [-0.25, -0.2) is 0 Å². The van der Waals surface area contributed by atoms with E-state index in [0.717, 1.165) is 19.1 Å². The first-order chi connectivity index (χ1) is 7.41. The zero-order chi connectivity index (χ0) is 11.2. The summed E-state index contributed by atoms with van der Waals surface area (Å²) in [5.74, 6) is 0. The van der Waals surface area contributed by atoms with Gasteiger partial charge in [0, 0.05) is 6.61 Å². The molecule has 2 nitrogen and oxygen atoms in total. The second-order valence-corrected chi connectivity index (χ2v) is 4.08. The summed E-state index contributed by atoms with van der Waals surface area (Å²) in [5, 5.41) is 17.0. The summed E-state index contributed by atoms with van der Waals surface area (Å²) >= 11 is 0. The topological polar surface area (TPSA) is 40.5 Å². The molecule has 90 valence electrons. The number of rotatable bonds is 11. The number of aliphatic hydroxyl groups is 2. The van der Waals surface area contributed by atoms with Gasteiger partial charge >= 0.3 is 0 Å². The molecule has 0 aromatic carbocycles.